The van der Waals surface area contributed by atoms with Crippen molar-refractivity contribution in [1.82, 2.24) is 5.32 Å². The Morgan fingerprint density at radius 3 is 2.67 bits per heavy atom. The minimum atomic E-state index is -0.526. The largest absolute Gasteiger partial charge is 0.481 e. The van der Waals surface area contributed by atoms with Crippen molar-refractivity contribution in [3.8, 4) is 5.75 Å². The topological polar surface area (TPSA) is 58.6 Å². The van der Waals surface area contributed by atoms with Gasteiger partial charge in [0.05, 0.1) is 6.61 Å². The van der Waals surface area contributed by atoms with Crippen molar-refractivity contribution in [2.24, 2.45) is 5.41 Å². The maximum atomic E-state index is 11.8. The molecule has 0 spiro atoms. The first-order valence-corrected chi connectivity index (χ1v) is 6.25. The van der Waals surface area contributed by atoms with Crippen molar-refractivity contribution >= 4 is 5.91 Å². The summed E-state index contributed by atoms with van der Waals surface area (Å²) < 4.78 is 5.52. The lowest BCUT2D eigenvalue weighted by atomic mass is 10.1. The zero-order valence-corrected chi connectivity index (χ0v) is 10.6. The zero-order chi connectivity index (χ0) is 13.0. The summed E-state index contributed by atoms with van der Waals surface area (Å²) in [5.41, 5.74) is -0.0673. The third-order valence-corrected chi connectivity index (χ3v) is 3.36. The van der Waals surface area contributed by atoms with E-state index in [9.17, 15) is 4.79 Å². The smallest absolute Gasteiger partial charge is 0.260 e. The number of nitrogens with one attached hydrogen (secondary N) is 1. The zero-order valence-electron chi connectivity index (χ0n) is 10.6. The summed E-state index contributed by atoms with van der Waals surface area (Å²) in [7, 11) is 0. The Morgan fingerprint density at radius 2 is 2.11 bits per heavy atom. The van der Waals surface area contributed by atoms with E-state index in [2.05, 4.69) is 5.32 Å². The fraction of sp³-hybridized carbons (Fsp3) is 0.500. The maximum Gasteiger partial charge on any atom is 0.260 e. The lowest BCUT2D eigenvalue weighted by Gasteiger charge is -2.17. The molecule has 4 heteroatoms. The Balaban J connectivity index is 1.78. The van der Waals surface area contributed by atoms with Crippen LogP contribution in [0.1, 0.15) is 19.8 Å². The van der Waals surface area contributed by atoms with Crippen LogP contribution in [0.2, 0.25) is 0 Å². The molecule has 0 saturated heterocycles. The molecule has 0 unspecified atom stereocenters. The first-order chi connectivity index (χ1) is 8.65. The molecular formula is C14H19NO3. The molecular weight excluding hydrogens is 230 g/mol. The van der Waals surface area contributed by atoms with Crippen LogP contribution in [0.25, 0.3) is 0 Å². The molecule has 0 aromatic heterocycles. The number of amides is 1. The normalized spacial score (nSPS) is 17.9. The predicted octanol–water partition coefficient (Wildman–Crippen LogP) is 1.34. The van der Waals surface area contributed by atoms with Crippen LogP contribution >= 0.6 is 0 Å². The van der Waals surface area contributed by atoms with Crippen LogP contribution in [0.15, 0.2) is 30.3 Å². The summed E-state index contributed by atoms with van der Waals surface area (Å²) in [6.45, 7) is 2.40. The summed E-state index contributed by atoms with van der Waals surface area (Å²) in [4.78, 5) is 11.8. The Labute approximate surface area is 107 Å². The van der Waals surface area contributed by atoms with Crippen LogP contribution in [0.5, 0.6) is 5.75 Å². The number of hydrogen-bond donors (Lipinski definition) is 2. The van der Waals surface area contributed by atoms with Gasteiger partial charge in [-0.3, -0.25) is 4.79 Å². The van der Waals surface area contributed by atoms with Crippen molar-refractivity contribution in [3.63, 3.8) is 0 Å². The van der Waals surface area contributed by atoms with Gasteiger partial charge in [-0.05, 0) is 31.9 Å². The molecule has 0 aliphatic heterocycles. The molecule has 18 heavy (non-hydrogen) atoms. The first kappa shape index (κ1) is 12.9. The summed E-state index contributed by atoms with van der Waals surface area (Å²) in [5.74, 6) is 0.544. The second-order valence-electron chi connectivity index (χ2n) is 4.95. The number of aliphatic hydroxyl groups excluding tert-OH is 1. The van der Waals surface area contributed by atoms with E-state index in [0.717, 1.165) is 12.8 Å². The molecule has 98 valence electrons. The SMILES string of the molecule is C[C@@H](Oc1ccccc1)C(=O)NCC1(CO)CC1. The van der Waals surface area contributed by atoms with Crippen molar-refractivity contribution in [3.05, 3.63) is 30.3 Å². The molecule has 1 aliphatic carbocycles. The molecule has 1 fully saturated rings. The van der Waals surface area contributed by atoms with E-state index >= 15 is 0 Å². The van der Waals surface area contributed by atoms with Gasteiger partial charge in [0.15, 0.2) is 6.10 Å². The fourth-order valence-electron chi connectivity index (χ4n) is 1.74. The van der Waals surface area contributed by atoms with Crippen LogP contribution in [0, 0.1) is 5.41 Å². The molecule has 1 aromatic carbocycles. The molecule has 4 nitrogen and oxygen atoms in total. The van der Waals surface area contributed by atoms with Crippen molar-refractivity contribution in [2.45, 2.75) is 25.9 Å². The van der Waals surface area contributed by atoms with Crippen LogP contribution < -0.4 is 10.1 Å². The minimum Gasteiger partial charge on any atom is -0.481 e. The molecule has 0 radical (unpaired) electrons. The molecule has 1 aromatic rings. The second kappa shape index (κ2) is 5.40. The Hall–Kier alpha value is -1.55. The average molecular weight is 249 g/mol. The van der Waals surface area contributed by atoms with E-state index in [-0.39, 0.29) is 17.9 Å². The number of para-hydroxylation sites is 1. The molecule has 1 amide bonds. The summed E-state index contributed by atoms with van der Waals surface area (Å²) in [6.07, 6.45) is 1.44. The van der Waals surface area contributed by atoms with E-state index in [1.165, 1.54) is 0 Å². The molecule has 2 N–H and O–H groups in total. The molecule has 2 rings (SSSR count). The van der Waals surface area contributed by atoms with Gasteiger partial charge in [0.2, 0.25) is 0 Å². The van der Waals surface area contributed by atoms with Crippen LogP contribution in [-0.2, 0) is 4.79 Å². The third kappa shape index (κ3) is 3.23. The van der Waals surface area contributed by atoms with Gasteiger partial charge in [-0.2, -0.15) is 0 Å². The van der Waals surface area contributed by atoms with Gasteiger partial charge >= 0.3 is 0 Å². The molecule has 1 atom stereocenters. The minimum absolute atomic E-state index is 0.0673. The van der Waals surface area contributed by atoms with Gasteiger partial charge in [-0.25, -0.2) is 0 Å². The van der Waals surface area contributed by atoms with E-state index in [1.807, 2.05) is 30.3 Å². The van der Waals surface area contributed by atoms with E-state index in [0.29, 0.717) is 12.3 Å². The highest BCUT2D eigenvalue weighted by atomic mass is 16.5. The van der Waals surface area contributed by atoms with Gasteiger partial charge in [0, 0.05) is 12.0 Å². The highest BCUT2D eigenvalue weighted by Gasteiger charge is 2.42. The van der Waals surface area contributed by atoms with Crippen molar-refractivity contribution in [2.75, 3.05) is 13.2 Å². The van der Waals surface area contributed by atoms with Gasteiger partial charge < -0.3 is 15.2 Å². The quantitative estimate of drug-likeness (QED) is 0.800. The number of carbonyl (C=O) groups is 1. The number of ether oxygens (including phenoxy) is 1. The van der Waals surface area contributed by atoms with E-state index in [1.54, 1.807) is 6.92 Å². The molecule has 0 heterocycles. The van der Waals surface area contributed by atoms with Crippen LogP contribution in [0.3, 0.4) is 0 Å². The van der Waals surface area contributed by atoms with Gasteiger partial charge in [-0.1, -0.05) is 18.2 Å². The fourth-order valence-corrected chi connectivity index (χ4v) is 1.74. The monoisotopic (exact) mass is 249 g/mol. The van der Waals surface area contributed by atoms with Crippen molar-refractivity contribution in [1.29, 1.82) is 0 Å². The number of hydrogen-bond acceptors (Lipinski definition) is 3. The highest BCUT2D eigenvalue weighted by Crippen LogP contribution is 2.44. The number of carbonyl (C=O) groups excluding carboxylic acids is 1. The van der Waals surface area contributed by atoms with E-state index < -0.39 is 6.10 Å². The number of benzene rings is 1. The molecule has 0 bridgehead atoms. The number of rotatable bonds is 6. The molecule has 1 aliphatic rings. The van der Waals surface area contributed by atoms with Crippen molar-refractivity contribution < 1.29 is 14.6 Å². The van der Waals surface area contributed by atoms with Gasteiger partial charge in [0.25, 0.3) is 5.91 Å². The summed E-state index contributed by atoms with van der Waals surface area (Å²) >= 11 is 0. The molecule has 1 saturated carbocycles. The lowest BCUT2D eigenvalue weighted by molar-refractivity contribution is -0.127. The lowest BCUT2D eigenvalue weighted by Crippen LogP contribution is -2.40. The second-order valence-corrected chi connectivity index (χ2v) is 4.95. The van der Waals surface area contributed by atoms with Gasteiger partial charge in [0.1, 0.15) is 5.75 Å². The Kier molecular flexibility index (Phi) is 3.87. The Morgan fingerprint density at radius 1 is 1.44 bits per heavy atom. The van der Waals surface area contributed by atoms with Crippen LogP contribution in [0.4, 0.5) is 0 Å². The van der Waals surface area contributed by atoms with E-state index in [4.69, 9.17) is 9.84 Å². The van der Waals surface area contributed by atoms with Crippen LogP contribution in [-0.4, -0.2) is 30.3 Å². The first-order valence-electron chi connectivity index (χ1n) is 6.25. The standard InChI is InChI=1S/C14H19NO3/c1-11(18-12-5-3-2-4-6-12)13(17)15-9-14(10-16)7-8-14/h2-6,11,16H,7-10H2,1H3,(H,15,17)/t11-/m1/s1. The summed E-state index contributed by atoms with van der Waals surface area (Å²) in [5, 5.41) is 12.0. The highest BCUT2D eigenvalue weighted by molar-refractivity contribution is 5.80. The number of aliphatic hydroxyl groups is 1. The average Bonchev–Trinajstić information content (AvgIpc) is 3.18. The Bertz CT molecular complexity index is 401. The third-order valence-electron chi connectivity index (χ3n) is 3.36. The van der Waals surface area contributed by atoms with Gasteiger partial charge in [-0.15, -0.1) is 0 Å². The summed E-state index contributed by atoms with van der Waals surface area (Å²) in [6, 6.07) is 9.27. The maximum absolute atomic E-state index is 11.8. The predicted molar refractivity (Wildman–Crippen MR) is 68.3 cm³/mol.